The fourth-order valence-corrected chi connectivity index (χ4v) is 1.66. The van der Waals surface area contributed by atoms with E-state index in [0.29, 0.717) is 23.5 Å². The Morgan fingerprint density at radius 2 is 2.11 bits per heavy atom. The second-order valence-corrected chi connectivity index (χ2v) is 4.04. The molecule has 0 saturated carbocycles. The van der Waals surface area contributed by atoms with Gasteiger partial charge in [-0.3, -0.25) is 19.3 Å². The van der Waals surface area contributed by atoms with Crippen LogP contribution in [-0.4, -0.2) is 26.6 Å². The van der Waals surface area contributed by atoms with Gasteiger partial charge in [0.1, 0.15) is 5.82 Å². The number of nitrogens with one attached hydrogen (secondary N) is 2. The monoisotopic (exact) mass is 261 g/mol. The van der Waals surface area contributed by atoms with Crippen molar-refractivity contribution < 1.29 is 0 Å². The summed E-state index contributed by atoms with van der Waals surface area (Å²) in [5.74, 6) is 0.659. The Morgan fingerprint density at radius 3 is 2.68 bits per heavy atom. The van der Waals surface area contributed by atoms with Crippen LogP contribution in [0.25, 0.3) is 0 Å². The lowest BCUT2D eigenvalue weighted by atomic mass is 10.2. The summed E-state index contributed by atoms with van der Waals surface area (Å²) in [5.41, 5.74) is 0.441. The zero-order chi connectivity index (χ0) is 13.8. The largest absolute Gasteiger partial charge is 0.372 e. The van der Waals surface area contributed by atoms with Gasteiger partial charge in [-0.15, -0.1) is 0 Å². The van der Waals surface area contributed by atoms with Crippen LogP contribution in [0.3, 0.4) is 0 Å². The average Bonchev–Trinajstić information content (AvgIpc) is 2.42. The van der Waals surface area contributed by atoms with E-state index in [1.165, 1.54) is 4.57 Å². The number of aromatic nitrogens is 4. The van der Waals surface area contributed by atoms with Crippen molar-refractivity contribution in [1.29, 1.82) is 0 Å². The smallest absolute Gasteiger partial charge is 0.328 e. The van der Waals surface area contributed by atoms with Gasteiger partial charge in [0.2, 0.25) is 0 Å². The number of H-pyrrole nitrogens is 1. The van der Waals surface area contributed by atoms with Crippen LogP contribution in [0.5, 0.6) is 0 Å². The van der Waals surface area contributed by atoms with Gasteiger partial charge in [0.25, 0.3) is 5.56 Å². The molecule has 2 aromatic heterocycles. The molecule has 7 heteroatoms. The zero-order valence-corrected chi connectivity index (χ0v) is 10.8. The van der Waals surface area contributed by atoms with E-state index in [1.54, 1.807) is 25.6 Å². The van der Waals surface area contributed by atoms with Crippen molar-refractivity contribution in [3.63, 3.8) is 0 Å². The SMILES string of the molecule is CCc1cn(Cc2cnc(NC)cn2)c(=O)[nH]c1=O. The molecule has 100 valence electrons. The quantitative estimate of drug-likeness (QED) is 0.806. The first-order valence-corrected chi connectivity index (χ1v) is 5.95. The summed E-state index contributed by atoms with van der Waals surface area (Å²) in [6.45, 7) is 2.14. The highest BCUT2D eigenvalue weighted by atomic mass is 16.2. The Morgan fingerprint density at radius 1 is 1.32 bits per heavy atom. The van der Waals surface area contributed by atoms with E-state index in [-0.39, 0.29) is 12.1 Å². The molecule has 19 heavy (non-hydrogen) atoms. The molecule has 0 aliphatic carbocycles. The first-order chi connectivity index (χ1) is 9.13. The van der Waals surface area contributed by atoms with E-state index in [2.05, 4.69) is 20.3 Å². The lowest BCUT2D eigenvalue weighted by molar-refractivity contribution is 0.691. The van der Waals surface area contributed by atoms with Gasteiger partial charge in [0.05, 0.1) is 24.6 Å². The molecule has 0 amide bonds. The van der Waals surface area contributed by atoms with Crippen molar-refractivity contribution in [2.75, 3.05) is 12.4 Å². The van der Waals surface area contributed by atoms with Gasteiger partial charge in [-0.1, -0.05) is 6.92 Å². The third kappa shape index (κ3) is 2.87. The van der Waals surface area contributed by atoms with E-state index < -0.39 is 5.69 Å². The highest BCUT2D eigenvalue weighted by Gasteiger charge is 2.05. The predicted octanol–water partition coefficient (Wildman–Crippen LogP) is -0.0210. The van der Waals surface area contributed by atoms with Gasteiger partial charge in [0, 0.05) is 18.8 Å². The summed E-state index contributed by atoms with van der Waals surface area (Å²) in [4.78, 5) is 33.7. The summed E-state index contributed by atoms with van der Waals surface area (Å²) in [5, 5.41) is 2.87. The molecule has 2 rings (SSSR count). The Kier molecular flexibility index (Phi) is 3.74. The molecule has 0 unspecified atom stereocenters. The Hall–Kier alpha value is -2.44. The van der Waals surface area contributed by atoms with Gasteiger partial charge in [-0.25, -0.2) is 9.78 Å². The molecule has 0 aliphatic rings. The van der Waals surface area contributed by atoms with Crippen LogP contribution >= 0.6 is 0 Å². The maximum absolute atomic E-state index is 11.7. The van der Waals surface area contributed by atoms with Crippen LogP contribution in [0.1, 0.15) is 18.2 Å². The van der Waals surface area contributed by atoms with Gasteiger partial charge in [-0.2, -0.15) is 0 Å². The third-order valence-corrected chi connectivity index (χ3v) is 2.76. The molecule has 2 N–H and O–H groups in total. The van der Waals surface area contributed by atoms with Crippen LogP contribution < -0.4 is 16.6 Å². The first kappa shape index (κ1) is 13.0. The Balaban J connectivity index is 2.32. The van der Waals surface area contributed by atoms with Crippen molar-refractivity contribution >= 4 is 5.82 Å². The summed E-state index contributed by atoms with van der Waals surface area (Å²) in [6, 6.07) is 0. The van der Waals surface area contributed by atoms with Gasteiger partial charge in [-0.05, 0) is 6.42 Å². The van der Waals surface area contributed by atoms with Crippen LogP contribution in [0, 0.1) is 0 Å². The average molecular weight is 261 g/mol. The summed E-state index contributed by atoms with van der Waals surface area (Å²) in [6.07, 6.45) is 5.32. The van der Waals surface area contributed by atoms with E-state index in [1.807, 2.05) is 6.92 Å². The molecule has 0 aliphatic heterocycles. The van der Waals surface area contributed by atoms with E-state index in [0.717, 1.165) is 0 Å². The number of aromatic amines is 1. The van der Waals surface area contributed by atoms with Crippen molar-refractivity contribution in [3.05, 3.63) is 50.7 Å². The molecule has 7 nitrogen and oxygen atoms in total. The topological polar surface area (TPSA) is 92.7 Å². The van der Waals surface area contributed by atoms with E-state index in [4.69, 9.17) is 0 Å². The summed E-state index contributed by atoms with van der Waals surface area (Å²) >= 11 is 0. The second-order valence-electron chi connectivity index (χ2n) is 4.04. The number of hydrogen-bond donors (Lipinski definition) is 2. The highest BCUT2D eigenvalue weighted by molar-refractivity contribution is 5.29. The lowest BCUT2D eigenvalue weighted by Crippen LogP contribution is -2.32. The normalized spacial score (nSPS) is 10.4. The van der Waals surface area contributed by atoms with Crippen LogP contribution in [-0.2, 0) is 13.0 Å². The van der Waals surface area contributed by atoms with Gasteiger partial charge >= 0.3 is 5.69 Å². The van der Waals surface area contributed by atoms with Crippen molar-refractivity contribution in [3.8, 4) is 0 Å². The summed E-state index contributed by atoms with van der Waals surface area (Å²) in [7, 11) is 1.75. The maximum atomic E-state index is 11.7. The minimum Gasteiger partial charge on any atom is -0.372 e. The highest BCUT2D eigenvalue weighted by Crippen LogP contribution is 2.01. The van der Waals surface area contributed by atoms with Crippen LogP contribution in [0.4, 0.5) is 5.82 Å². The molecule has 0 saturated heterocycles. The van der Waals surface area contributed by atoms with Crippen LogP contribution in [0.15, 0.2) is 28.2 Å². The summed E-state index contributed by atoms with van der Waals surface area (Å²) < 4.78 is 1.42. The molecule has 2 aromatic rings. The fraction of sp³-hybridized carbons (Fsp3) is 0.333. The van der Waals surface area contributed by atoms with Crippen molar-refractivity contribution in [1.82, 2.24) is 19.5 Å². The lowest BCUT2D eigenvalue weighted by Gasteiger charge is -2.06. The molecule has 0 spiro atoms. The molecule has 0 atom stereocenters. The number of hydrogen-bond acceptors (Lipinski definition) is 5. The van der Waals surface area contributed by atoms with Gasteiger partial charge in [0.15, 0.2) is 0 Å². The number of aryl methyl sites for hydroxylation is 1. The predicted molar refractivity (Wildman–Crippen MR) is 71.4 cm³/mol. The maximum Gasteiger partial charge on any atom is 0.328 e. The number of nitrogens with zero attached hydrogens (tertiary/aromatic N) is 3. The molecule has 0 fully saturated rings. The van der Waals surface area contributed by atoms with Gasteiger partial charge < -0.3 is 5.32 Å². The molecule has 2 heterocycles. The molecule has 0 radical (unpaired) electrons. The fourth-order valence-electron chi connectivity index (χ4n) is 1.66. The molecule has 0 bridgehead atoms. The minimum atomic E-state index is -0.443. The first-order valence-electron chi connectivity index (χ1n) is 5.95. The molecule has 0 aromatic carbocycles. The van der Waals surface area contributed by atoms with E-state index in [9.17, 15) is 9.59 Å². The molecular formula is C12H15N5O2. The molecular weight excluding hydrogens is 246 g/mol. The number of anilines is 1. The Labute approximate surface area is 109 Å². The minimum absolute atomic E-state index is 0.277. The third-order valence-electron chi connectivity index (χ3n) is 2.76. The standard InChI is InChI=1S/C12H15N5O2/c1-3-8-6-17(12(19)16-11(8)18)7-9-4-15-10(13-2)5-14-9/h4-6H,3,7H2,1-2H3,(H,13,15)(H,16,18,19). The Bertz CT molecular complexity index is 672. The van der Waals surface area contributed by atoms with E-state index >= 15 is 0 Å². The second kappa shape index (κ2) is 5.47. The van der Waals surface area contributed by atoms with Crippen molar-refractivity contribution in [2.45, 2.75) is 19.9 Å². The van der Waals surface area contributed by atoms with Crippen LogP contribution in [0.2, 0.25) is 0 Å². The number of rotatable bonds is 4. The van der Waals surface area contributed by atoms with Crippen molar-refractivity contribution in [2.24, 2.45) is 0 Å². The zero-order valence-electron chi connectivity index (χ0n) is 10.8.